The van der Waals surface area contributed by atoms with Gasteiger partial charge in [-0.1, -0.05) is 32.0 Å². The largest absolute Gasteiger partial charge is 0.369 e. The average molecular weight is 236 g/mol. The van der Waals surface area contributed by atoms with Crippen molar-refractivity contribution < 1.29 is 11.0 Å². The third-order valence-electron chi connectivity index (χ3n) is 2.60. The lowest BCUT2D eigenvalue weighted by molar-refractivity contribution is -0.123. The molecule has 1 aliphatic heterocycles. The van der Waals surface area contributed by atoms with Gasteiger partial charge in [-0.15, -0.1) is 0 Å². The van der Waals surface area contributed by atoms with Crippen LogP contribution in [-0.4, -0.2) is 18.4 Å². The number of nitrogens with two attached hydrogens (primary N) is 1. The van der Waals surface area contributed by atoms with E-state index in [4.69, 9.17) is 5.73 Å². The molecule has 1 aromatic carbocycles. The van der Waals surface area contributed by atoms with Gasteiger partial charge in [0.15, 0.2) is 0 Å². The predicted octanol–water partition coefficient (Wildman–Crippen LogP) is 1.80. The molecule has 2 rings (SSSR count). The maximum Gasteiger partial charge on any atom is 0.227 e. The minimum absolute atomic E-state index is 0. The van der Waals surface area contributed by atoms with E-state index in [9.17, 15) is 9.59 Å². The van der Waals surface area contributed by atoms with Crippen LogP contribution in [0.3, 0.4) is 0 Å². The summed E-state index contributed by atoms with van der Waals surface area (Å²) in [6.45, 7) is 4.40. The first-order chi connectivity index (χ1) is 8.18. The molecule has 4 nitrogen and oxygen atoms in total. The number of primary amides is 1. The minimum Gasteiger partial charge on any atom is -0.369 e. The highest BCUT2D eigenvalue weighted by Crippen LogP contribution is 2.24. The molecule has 1 unspecified atom stereocenters. The Morgan fingerprint density at radius 3 is 2.41 bits per heavy atom. The molecule has 0 aromatic heterocycles. The Morgan fingerprint density at radius 2 is 1.94 bits per heavy atom. The van der Waals surface area contributed by atoms with Gasteiger partial charge in [-0.05, 0) is 12.1 Å². The van der Waals surface area contributed by atoms with Crippen LogP contribution in [0.2, 0.25) is 0 Å². The topological polar surface area (TPSA) is 63.4 Å². The van der Waals surface area contributed by atoms with E-state index in [1.54, 1.807) is 4.90 Å². The molecule has 1 aliphatic rings. The van der Waals surface area contributed by atoms with E-state index in [2.05, 4.69) is 0 Å². The monoisotopic (exact) mass is 236 g/mol. The lowest BCUT2D eigenvalue weighted by atomic mass is 10.1. The summed E-state index contributed by atoms with van der Waals surface area (Å²) in [6.07, 6.45) is 0.226. The summed E-state index contributed by atoms with van der Waals surface area (Å²) in [5, 5.41) is 0. The number of amides is 2. The molecule has 0 spiro atoms. The summed E-state index contributed by atoms with van der Waals surface area (Å²) < 4.78 is 0. The zero-order valence-corrected chi connectivity index (χ0v) is 10.2. The Hall–Kier alpha value is -1.84. The van der Waals surface area contributed by atoms with Gasteiger partial charge in [0.1, 0.15) is 0 Å². The lowest BCUT2D eigenvalue weighted by Crippen LogP contribution is -2.28. The summed E-state index contributed by atoms with van der Waals surface area (Å²) in [5.41, 5.74) is 6.01. The van der Waals surface area contributed by atoms with Gasteiger partial charge >= 0.3 is 0 Å². The Bertz CT molecular complexity index is 395. The van der Waals surface area contributed by atoms with E-state index in [1.165, 1.54) is 0 Å². The molecule has 1 atom stereocenters. The highest BCUT2D eigenvalue weighted by molar-refractivity contribution is 5.99. The van der Waals surface area contributed by atoms with Crippen LogP contribution in [0.1, 0.15) is 21.7 Å². The first-order valence-corrected chi connectivity index (χ1v) is 5.83. The van der Waals surface area contributed by atoms with Gasteiger partial charge in [0, 0.05) is 20.1 Å². The summed E-state index contributed by atoms with van der Waals surface area (Å²) in [4.78, 5) is 24.2. The quantitative estimate of drug-likeness (QED) is 0.851. The number of rotatable bonds is 2. The molecule has 17 heavy (non-hydrogen) atoms. The van der Waals surface area contributed by atoms with Crippen LogP contribution < -0.4 is 10.6 Å². The molecular formula is C13H20N2O2. The molecule has 1 heterocycles. The molecule has 1 aromatic rings. The third-order valence-corrected chi connectivity index (χ3v) is 2.60. The van der Waals surface area contributed by atoms with Crippen molar-refractivity contribution >= 4 is 17.5 Å². The van der Waals surface area contributed by atoms with Crippen molar-refractivity contribution in [2.75, 3.05) is 11.4 Å². The molecule has 0 bridgehead atoms. The van der Waals surface area contributed by atoms with Gasteiger partial charge < -0.3 is 10.6 Å². The van der Waals surface area contributed by atoms with E-state index in [0.717, 1.165) is 5.69 Å². The normalized spacial score (nSPS) is 18.6. The van der Waals surface area contributed by atoms with Crippen LogP contribution in [0, 0.1) is 5.92 Å². The molecule has 0 aliphatic carbocycles. The van der Waals surface area contributed by atoms with Crippen molar-refractivity contribution in [3.8, 4) is 0 Å². The fourth-order valence-electron chi connectivity index (χ4n) is 1.76. The van der Waals surface area contributed by atoms with Crippen molar-refractivity contribution in [1.82, 2.24) is 0 Å². The average Bonchev–Trinajstić information content (AvgIpc) is 2.75. The van der Waals surface area contributed by atoms with Gasteiger partial charge in [-0.3, -0.25) is 9.59 Å². The standard InChI is InChI=1S/C11H12N2O2.C2H6.H2/c12-11(15)8-6-10(14)13(7-8)9-4-2-1-3-5-9;1-2;/h1-5,8H,6-7H2,(H2,12,15);1-2H3;1H. The van der Waals surface area contributed by atoms with Crippen molar-refractivity contribution in [3.63, 3.8) is 0 Å². The highest BCUT2D eigenvalue weighted by Gasteiger charge is 2.33. The summed E-state index contributed by atoms with van der Waals surface area (Å²) in [6, 6.07) is 9.30. The van der Waals surface area contributed by atoms with Crippen molar-refractivity contribution in [2.45, 2.75) is 20.3 Å². The van der Waals surface area contributed by atoms with Crippen LogP contribution in [0.15, 0.2) is 30.3 Å². The molecule has 1 saturated heterocycles. The fraction of sp³-hybridized carbons (Fsp3) is 0.385. The number of benzene rings is 1. The zero-order chi connectivity index (χ0) is 12.8. The molecule has 1 fully saturated rings. The number of hydrogen-bond acceptors (Lipinski definition) is 2. The second-order valence-electron chi connectivity index (χ2n) is 3.64. The number of carbonyl (C=O) groups is 2. The van der Waals surface area contributed by atoms with Crippen molar-refractivity contribution in [1.29, 1.82) is 0 Å². The summed E-state index contributed by atoms with van der Waals surface area (Å²) in [5.74, 6) is -0.788. The summed E-state index contributed by atoms with van der Waals surface area (Å²) >= 11 is 0. The Kier molecular flexibility index (Phi) is 4.69. The van der Waals surface area contributed by atoms with Crippen molar-refractivity contribution in [2.24, 2.45) is 11.7 Å². The molecule has 4 heteroatoms. The first-order valence-electron chi connectivity index (χ1n) is 5.83. The Labute approximate surface area is 103 Å². The van der Waals surface area contributed by atoms with Gasteiger partial charge in [0.2, 0.25) is 11.8 Å². The van der Waals surface area contributed by atoms with E-state index in [0.29, 0.717) is 6.54 Å². The predicted molar refractivity (Wildman–Crippen MR) is 69.6 cm³/mol. The molecule has 94 valence electrons. The number of para-hydroxylation sites is 1. The molecule has 0 radical (unpaired) electrons. The third kappa shape index (κ3) is 3.06. The number of nitrogens with zero attached hydrogens (tertiary/aromatic N) is 1. The molecule has 2 N–H and O–H groups in total. The second kappa shape index (κ2) is 6.03. The van der Waals surface area contributed by atoms with E-state index < -0.39 is 5.91 Å². The maximum absolute atomic E-state index is 11.6. The van der Waals surface area contributed by atoms with Crippen LogP contribution in [-0.2, 0) is 9.59 Å². The Morgan fingerprint density at radius 1 is 1.35 bits per heavy atom. The van der Waals surface area contributed by atoms with Crippen LogP contribution in [0.25, 0.3) is 0 Å². The fourth-order valence-corrected chi connectivity index (χ4v) is 1.76. The molecular weight excluding hydrogens is 216 g/mol. The number of anilines is 1. The Balaban J connectivity index is 0.000000917. The molecule has 2 amide bonds. The summed E-state index contributed by atoms with van der Waals surface area (Å²) in [7, 11) is 0. The maximum atomic E-state index is 11.6. The zero-order valence-electron chi connectivity index (χ0n) is 10.2. The van der Waals surface area contributed by atoms with Crippen LogP contribution in [0.4, 0.5) is 5.69 Å². The smallest absolute Gasteiger partial charge is 0.227 e. The number of hydrogen-bond donors (Lipinski definition) is 1. The number of carbonyl (C=O) groups excluding carboxylic acids is 2. The second-order valence-corrected chi connectivity index (χ2v) is 3.64. The first kappa shape index (κ1) is 13.2. The highest BCUT2D eigenvalue weighted by atomic mass is 16.2. The van der Waals surface area contributed by atoms with Crippen LogP contribution in [0.5, 0.6) is 0 Å². The molecule has 0 saturated carbocycles. The van der Waals surface area contributed by atoms with Gasteiger partial charge in [-0.25, -0.2) is 0 Å². The van der Waals surface area contributed by atoms with Gasteiger partial charge in [0.25, 0.3) is 0 Å². The minimum atomic E-state index is -0.401. The lowest BCUT2D eigenvalue weighted by Gasteiger charge is -2.15. The van der Waals surface area contributed by atoms with Crippen LogP contribution >= 0.6 is 0 Å². The van der Waals surface area contributed by atoms with E-state index >= 15 is 0 Å². The van der Waals surface area contributed by atoms with Crippen molar-refractivity contribution in [3.05, 3.63) is 30.3 Å². The van der Waals surface area contributed by atoms with Gasteiger partial charge in [0.05, 0.1) is 5.92 Å². The van der Waals surface area contributed by atoms with E-state index in [-0.39, 0.29) is 19.7 Å². The van der Waals surface area contributed by atoms with E-state index in [1.807, 2.05) is 44.2 Å². The SMILES string of the molecule is CC.NC(=O)C1CC(=O)N(c2ccccc2)C1.[HH]. The van der Waals surface area contributed by atoms with Gasteiger partial charge in [-0.2, -0.15) is 0 Å².